The Hall–Kier alpha value is -1.36. The molecule has 1 atom stereocenters. The lowest BCUT2D eigenvalue weighted by molar-refractivity contribution is 0.137. The summed E-state index contributed by atoms with van der Waals surface area (Å²) in [5.41, 5.74) is 0.835. The van der Waals surface area contributed by atoms with E-state index in [4.69, 9.17) is 4.74 Å². The van der Waals surface area contributed by atoms with E-state index >= 15 is 0 Å². The highest BCUT2D eigenvalue weighted by Crippen LogP contribution is 2.13. The van der Waals surface area contributed by atoms with Crippen LogP contribution in [0.25, 0.3) is 0 Å². The van der Waals surface area contributed by atoms with E-state index in [0.29, 0.717) is 18.4 Å². The number of rotatable bonds is 6. The van der Waals surface area contributed by atoms with E-state index < -0.39 is 6.10 Å². The van der Waals surface area contributed by atoms with Crippen molar-refractivity contribution in [2.45, 2.75) is 46.8 Å². The Bertz CT molecular complexity index is 380. The van der Waals surface area contributed by atoms with Crippen molar-refractivity contribution < 1.29 is 9.84 Å². The predicted octanol–water partition coefficient (Wildman–Crippen LogP) is 2.00. The summed E-state index contributed by atoms with van der Waals surface area (Å²) in [6, 6.07) is 1.80. The second kappa shape index (κ2) is 6.54. The van der Waals surface area contributed by atoms with Gasteiger partial charge < -0.3 is 15.2 Å². The Morgan fingerprint density at radius 1 is 1.28 bits per heavy atom. The van der Waals surface area contributed by atoms with Gasteiger partial charge >= 0.3 is 0 Å². The number of anilines is 1. The molecule has 0 saturated heterocycles. The number of hydrogen-bond acceptors (Lipinski definition) is 5. The van der Waals surface area contributed by atoms with Crippen molar-refractivity contribution in [3.8, 4) is 5.88 Å². The summed E-state index contributed by atoms with van der Waals surface area (Å²) in [7, 11) is 0. The molecule has 1 heterocycles. The monoisotopic (exact) mass is 253 g/mol. The highest BCUT2D eigenvalue weighted by atomic mass is 16.5. The molecule has 2 N–H and O–H groups in total. The summed E-state index contributed by atoms with van der Waals surface area (Å²) >= 11 is 0. The van der Waals surface area contributed by atoms with E-state index in [0.717, 1.165) is 5.69 Å². The number of nitrogens with one attached hydrogen (secondary N) is 1. The molecule has 0 spiro atoms. The molecule has 102 valence electrons. The zero-order valence-corrected chi connectivity index (χ0v) is 11.8. The molecular formula is C13H23N3O2. The Balaban J connectivity index is 2.68. The van der Waals surface area contributed by atoms with Crippen LogP contribution in [0.1, 0.15) is 33.4 Å². The van der Waals surface area contributed by atoms with Gasteiger partial charge in [-0.2, -0.15) is 4.98 Å². The first-order valence-corrected chi connectivity index (χ1v) is 6.32. The van der Waals surface area contributed by atoms with Crippen LogP contribution in [-0.2, 0) is 0 Å². The van der Waals surface area contributed by atoms with Gasteiger partial charge in [-0.15, -0.1) is 0 Å². The van der Waals surface area contributed by atoms with Crippen molar-refractivity contribution in [1.29, 1.82) is 0 Å². The second-order valence-electron chi connectivity index (χ2n) is 5.03. The van der Waals surface area contributed by atoms with E-state index in [1.807, 2.05) is 34.6 Å². The number of aryl methyl sites for hydroxylation is 1. The van der Waals surface area contributed by atoms with Crippen molar-refractivity contribution in [3.05, 3.63) is 11.8 Å². The van der Waals surface area contributed by atoms with Gasteiger partial charge in [-0.25, -0.2) is 4.98 Å². The summed E-state index contributed by atoms with van der Waals surface area (Å²) in [4.78, 5) is 8.51. The number of hydrogen-bond donors (Lipinski definition) is 2. The van der Waals surface area contributed by atoms with Gasteiger partial charge in [0.2, 0.25) is 11.8 Å². The third-order valence-electron chi connectivity index (χ3n) is 2.43. The topological polar surface area (TPSA) is 67.3 Å². The van der Waals surface area contributed by atoms with Crippen molar-refractivity contribution in [1.82, 2.24) is 9.97 Å². The molecule has 5 heteroatoms. The third kappa shape index (κ3) is 4.87. The van der Waals surface area contributed by atoms with Crippen LogP contribution in [0.2, 0.25) is 0 Å². The smallest absolute Gasteiger partial charge is 0.226 e. The molecule has 0 fully saturated rings. The largest absolute Gasteiger partial charge is 0.475 e. The summed E-state index contributed by atoms with van der Waals surface area (Å²) in [6.07, 6.45) is -0.336. The van der Waals surface area contributed by atoms with Gasteiger partial charge in [0.15, 0.2) is 0 Å². The van der Waals surface area contributed by atoms with Crippen LogP contribution >= 0.6 is 0 Å². The number of aliphatic hydroxyl groups excluding tert-OH is 1. The van der Waals surface area contributed by atoms with E-state index in [2.05, 4.69) is 15.3 Å². The molecule has 0 aliphatic carbocycles. The number of aromatic nitrogens is 2. The molecule has 0 aliphatic heterocycles. The average Bonchev–Trinajstić information content (AvgIpc) is 2.23. The predicted molar refractivity (Wildman–Crippen MR) is 71.9 cm³/mol. The lowest BCUT2D eigenvalue weighted by Crippen LogP contribution is -2.25. The number of ether oxygens (including phenoxy) is 1. The van der Waals surface area contributed by atoms with Crippen molar-refractivity contribution in [2.24, 2.45) is 5.92 Å². The first kappa shape index (κ1) is 14.7. The minimum Gasteiger partial charge on any atom is -0.475 e. The van der Waals surface area contributed by atoms with Crippen LogP contribution in [0.15, 0.2) is 6.07 Å². The van der Waals surface area contributed by atoms with Crippen molar-refractivity contribution >= 4 is 5.95 Å². The molecule has 1 unspecified atom stereocenters. The molecule has 5 nitrogen and oxygen atoms in total. The Morgan fingerprint density at radius 3 is 2.50 bits per heavy atom. The first-order chi connectivity index (χ1) is 8.38. The fourth-order valence-corrected chi connectivity index (χ4v) is 1.35. The van der Waals surface area contributed by atoms with Crippen LogP contribution in [0.5, 0.6) is 5.88 Å². The molecule has 1 rings (SSSR count). The minimum absolute atomic E-state index is 0.0772. The number of nitrogens with zero attached hydrogens (tertiary/aromatic N) is 2. The Kier molecular flexibility index (Phi) is 5.34. The van der Waals surface area contributed by atoms with Crippen LogP contribution < -0.4 is 10.1 Å². The van der Waals surface area contributed by atoms with Gasteiger partial charge in [-0.1, -0.05) is 13.8 Å². The van der Waals surface area contributed by atoms with E-state index in [1.54, 1.807) is 6.07 Å². The fourth-order valence-electron chi connectivity index (χ4n) is 1.35. The van der Waals surface area contributed by atoms with Crippen LogP contribution in [0, 0.1) is 12.8 Å². The molecule has 18 heavy (non-hydrogen) atoms. The molecule has 0 radical (unpaired) electrons. The maximum atomic E-state index is 9.72. The summed E-state index contributed by atoms with van der Waals surface area (Å²) in [5, 5.41) is 12.8. The van der Waals surface area contributed by atoms with Crippen LogP contribution in [0.4, 0.5) is 5.95 Å². The maximum absolute atomic E-state index is 9.72. The highest BCUT2D eigenvalue weighted by Gasteiger charge is 2.10. The quantitative estimate of drug-likeness (QED) is 0.811. The van der Waals surface area contributed by atoms with Gasteiger partial charge in [-0.05, 0) is 26.7 Å². The van der Waals surface area contributed by atoms with Gasteiger partial charge in [0.1, 0.15) is 0 Å². The molecule has 0 aliphatic rings. The molecular weight excluding hydrogens is 230 g/mol. The van der Waals surface area contributed by atoms with Gasteiger partial charge in [0, 0.05) is 18.3 Å². The maximum Gasteiger partial charge on any atom is 0.226 e. The molecule has 0 amide bonds. The minimum atomic E-state index is -0.413. The summed E-state index contributed by atoms with van der Waals surface area (Å²) in [5.74, 6) is 1.25. The zero-order chi connectivity index (χ0) is 13.7. The zero-order valence-electron chi connectivity index (χ0n) is 11.8. The third-order valence-corrected chi connectivity index (χ3v) is 2.43. The molecule has 0 saturated carbocycles. The van der Waals surface area contributed by atoms with E-state index in [1.165, 1.54) is 0 Å². The number of aliphatic hydroxyl groups is 1. The van der Waals surface area contributed by atoms with Crippen LogP contribution in [0.3, 0.4) is 0 Å². The average molecular weight is 253 g/mol. The van der Waals surface area contributed by atoms with Gasteiger partial charge in [0.25, 0.3) is 0 Å². The first-order valence-electron chi connectivity index (χ1n) is 6.32. The van der Waals surface area contributed by atoms with E-state index in [-0.39, 0.29) is 12.0 Å². The second-order valence-corrected chi connectivity index (χ2v) is 5.03. The van der Waals surface area contributed by atoms with Gasteiger partial charge in [-0.3, -0.25) is 0 Å². The highest BCUT2D eigenvalue weighted by molar-refractivity contribution is 5.30. The van der Waals surface area contributed by atoms with Crippen LogP contribution in [-0.4, -0.2) is 33.8 Å². The standard InChI is InChI=1S/C13H23N3O2/c1-8(2)11(17)7-14-13-15-10(5)6-12(16-13)18-9(3)4/h6,8-9,11,17H,7H2,1-5H3,(H,14,15,16). The molecule has 0 aromatic carbocycles. The Labute approximate surface area is 109 Å². The summed E-state index contributed by atoms with van der Waals surface area (Å²) < 4.78 is 5.54. The molecule has 0 bridgehead atoms. The Morgan fingerprint density at radius 2 is 1.94 bits per heavy atom. The SMILES string of the molecule is Cc1cc(OC(C)C)nc(NCC(O)C(C)C)n1. The fraction of sp³-hybridized carbons (Fsp3) is 0.692. The lowest BCUT2D eigenvalue weighted by atomic mass is 10.1. The van der Waals surface area contributed by atoms with Crippen molar-refractivity contribution in [2.75, 3.05) is 11.9 Å². The van der Waals surface area contributed by atoms with Gasteiger partial charge in [0.05, 0.1) is 12.2 Å². The van der Waals surface area contributed by atoms with E-state index in [9.17, 15) is 5.11 Å². The normalized spacial score (nSPS) is 12.9. The molecule has 1 aromatic rings. The van der Waals surface area contributed by atoms with Crippen molar-refractivity contribution in [3.63, 3.8) is 0 Å². The molecule has 1 aromatic heterocycles. The summed E-state index contributed by atoms with van der Waals surface area (Å²) in [6.45, 7) is 10.2. The lowest BCUT2D eigenvalue weighted by Gasteiger charge is -2.16.